The molecule has 0 spiro atoms. The number of pyridine rings is 1. The smallest absolute Gasteiger partial charge is 0.274 e. The first-order valence-electron chi connectivity index (χ1n) is 5.29. The van der Waals surface area contributed by atoms with Crippen molar-refractivity contribution in [3.05, 3.63) is 51.2 Å². The lowest BCUT2D eigenvalue weighted by Crippen LogP contribution is -2.30. The van der Waals surface area contributed by atoms with E-state index in [1.807, 2.05) is 0 Å². The van der Waals surface area contributed by atoms with Gasteiger partial charge in [-0.3, -0.25) is 19.8 Å². The van der Waals surface area contributed by atoms with Gasteiger partial charge in [0.05, 0.1) is 11.5 Å². The molecule has 102 valence electrons. The number of nitro groups is 1. The summed E-state index contributed by atoms with van der Waals surface area (Å²) < 4.78 is 0. The lowest BCUT2D eigenvalue weighted by molar-refractivity contribution is -0.405. The van der Waals surface area contributed by atoms with Crippen molar-refractivity contribution < 1.29 is 9.72 Å². The summed E-state index contributed by atoms with van der Waals surface area (Å²) in [5.74, 6) is 0.176. The average Bonchev–Trinajstić information content (AvgIpc) is 2.35. The highest BCUT2D eigenvalue weighted by Crippen LogP contribution is 2.12. The van der Waals surface area contributed by atoms with Crippen molar-refractivity contribution in [1.29, 1.82) is 0 Å². The zero-order valence-corrected chi connectivity index (χ0v) is 11.2. The zero-order chi connectivity index (χ0) is 14.4. The molecule has 0 aliphatic carbocycles. The van der Waals surface area contributed by atoms with Crippen LogP contribution in [0.25, 0.3) is 0 Å². The molecule has 0 saturated heterocycles. The van der Waals surface area contributed by atoms with E-state index in [-0.39, 0.29) is 12.4 Å². The van der Waals surface area contributed by atoms with Gasteiger partial charge in [-0.2, -0.15) is 0 Å². The lowest BCUT2D eigenvalue weighted by atomic mass is 10.3. The highest BCUT2D eigenvalue weighted by atomic mass is 35.5. The molecular weight excluding hydrogens is 272 g/mol. The van der Waals surface area contributed by atoms with Gasteiger partial charge in [0.25, 0.3) is 6.20 Å². The summed E-state index contributed by atoms with van der Waals surface area (Å²) in [5, 5.41) is 10.9. The van der Waals surface area contributed by atoms with Gasteiger partial charge in [0.15, 0.2) is 5.82 Å². The van der Waals surface area contributed by atoms with E-state index < -0.39 is 4.92 Å². The molecule has 0 aliphatic heterocycles. The molecule has 0 aliphatic rings. The number of hydrogen-bond donors (Lipinski definition) is 0. The number of amides is 1. The number of carbonyl (C=O) groups is 1. The quantitative estimate of drug-likeness (QED) is 0.341. The van der Waals surface area contributed by atoms with Gasteiger partial charge >= 0.3 is 0 Å². The molecule has 1 aromatic rings. The lowest BCUT2D eigenvalue weighted by Gasteiger charge is -2.24. The zero-order valence-electron chi connectivity index (χ0n) is 10.5. The van der Waals surface area contributed by atoms with Crippen molar-refractivity contribution >= 4 is 18.0 Å². The van der Waals surface area contributed by atoms with E-state index in [9.17, 15) is 14.9 Å². The molecule has 0 bridgehead atoms. The van der Waals surface area contributed by atoms with Crippen LogP contribution in [0.1, 0.15) is 5.56 Å². The van der Waals surface area contributed by atoms with Gasteiger partial charge in [0.2, 0.25) is 6.41 Å². The molecule has 1 amide bonds. The Morgan fingerprint density at radius 2 is 2.21 bits per heavy atom. The molecule has 0 fully saturated rings. The minimum Gasteiger partial charge on any atom is -0.359 e. The van der Waals surface area contributed by atoms with E-state index in [1.54, 1.807) is 26.2 Å². The van der Waals surface area contributed by atoms with Gasteiger partial charge in [-0.15, -0.1) is 0 Å². The Morgan fingerprint density at radius 1 is 1.53 bits per heavy atom. The molecule has 0 unspecified atom stereocenters. The van der Waals surface area contributed by atoms with Crippen LogP contribution in [0.15, 0.2) is 30.4 Å². The van der Waals surface area contributed by atoms with Gasteiger partial charge in [-0.25, -0.2) is 4.98 Å². The molecule has 0 radical (unpaired) electrons. The molecule has 0 aromatic carbocycles. The predicted molar refractivity (Wildman–Crippen MR) is 69.6 cm³/mol. The Balaban J connectivity index is 2.95. The predicted octanol–water partition coefficient (Wildman–Crippen LogP) is 1.33. The van der Waals surface area contributed by atoms with Crippen molar-refractivity contribution in [2.45, 2.75) is 6.54 Å². The molecule has 0 saturated carbocycles. The molecule has 1 rings (SSSR count). The maximum Gasteiger partial charge on any atom is 0.274 e. The largest absolute Gasteiger partial charge is 0.359 e. The van der Waals surface area contributed by atoms with Crippen LogP contribution in [0.4, 0.5) is 0 Å². The van der Waals surface area contributed by atoms with Crippen LogP contribution in [0.2, 0.25) is 5.15 Å². The second-order valence-electron chi connectivity index (χ2n) is 3.89. The standard InChI is InChI=1S/C11H13ClN4O3/c1-14(2)11(7-16(18)19)15(8-17)6-9-3-4-10(12)13-5-9/h3-5,7-8H,6H2,1-2H3/b11-7+. The van der Waals surface area contributed by atoms with Crippen LogP contribution in [-0.2, 0) is 11.3 Å². The van der Waals surface area contributed by atoms with Crippen molar-refractivity contribution in [3.63, 3.8) is 0 Å². The molecule has 7 nitrogen and oxygen atoms in total. The Morgan fingerprint density at radius 3 is 2.63 bits per heavy atom. The van der Waals surface area contributed by atoms with Gasteiger partial charge in [0.1, 0.15) is 5.15 Å². The Hall–Kier alpha value is -2.15. The van der Waals surface area contributed by atoms with Crippen LogP contribution >= 0.6 is 11.6 Å². The van der Waals surface area contributed by atoms with Gasteiger partial charge in [-0.1, -0.05) is 17.7 Å². The van der Waals surface area contributed by atoms with Crippen LogP contribution in [0, 0.1) is 10.1 Å². The summed E-state index contributed by atoms with van der Waals surface area (Å²) in [4.78, 5) is 27.6. The third-order valence-corrected chi connectivity index (χ3v) is 2.47. The minimum absolute atomic E-state index is 0.172. The van der Waals surface area contributed by atoms with Gasteiger partial charge < -0.3 is 4.90 Å². The maximum atomic E-state index is 11.1. The number of rotatable bonds is 6. The first kappa shape index (κ1) is 14.9. The van der Waals surface area contributed by atoms with Crippen LogP contribution < -0.4 is 0 Å². The number of nitrogens with zero attached hydrogens (tertiary/aromatic N) is 4. The summed E-state index contributed by atoms with van der Waals surface area (Å²) in [5.41, 5.74) is 0.715. The second-order valence-corrected chi connectivity index (χ2v) is 4.28. The summed E-state index contributed by atoms with van der Waals surface area (Å²) in [7, 11) is 3.23. The van der Waals surface area contributed by atoms with Crippen LogP contribution in [-0.4, -0.2) is 40.2 Å². The van der Waals surface area contributed by atoms with E-state index in [0.717, 1.165) is 6.20 Å². The average molecular weight is 285 g/mol. The molecule has 8 heteroatoms. The summed E-state index contributed by atoms with van der Waals surface area (Å²) >= 11 is 5.66. The molecule has 0 atom stereocenters. The Labute approximate surface area is 115 Å². The molecule has 0 N–H and O–H groups in total. The first-order chi connectivity index (χ1) is 8.93. The molecule has 19 heavy (non-hydrogen) atoms. The van der Waals surface area contributed by atoms with E-state index in [2.05, 4.69) is 4.98 Å². The fraction of sp³-hybridized carbons (Fsp3) is 0.273. The van der Waals surface area contributed by atoms with Crippen molar-refractivity contribution in [1.82, 2.24) is 14.8 Å². The fourth-order valence-electron chi connectivity index (χ4n) is 1.41. The highest BCUT2D eigenvalue weighted by molar-refractivity contribution is 6.29. The Bertz CT molecular complexity index is 487. The monoisotopic (exact) mass is 284 g/mol. The highest BCUT2D eigenvalue weighted by Gasteiger charge is 2.15. The minimum atomic E-state index is -0.605. The maximum absolute atomic E-state index is 11.1. The third kappa shape index (κ3) is 4.55. The van der Waals surface area contributed by atoms with Gasteiger partial charge in [-0.05, 0) is 11.6 Å². The number of aromatic nitrogens is 1. The van der Waals surface area contributed by atoms with Crippen molar-refractivity contribution in [2.24, 2.45) is 0 Å². The number of halogens is 1. The Kier molecular flexibility index (Phi) is 5.25. The molecular formula is C11H13ClN4O3. The SMILES string of the molecule is CN(C)/C(=C\[N+](=O)[O-])N(C=O)Cc1ccc(Cl)nc1. The second kappa shape index (κ2) is 6.69. The van der Waals surface area contributed by atoms with Crippen molar-refractivity contribution in [2.75, 3.05) is 14.1 Å². The van der Waals surface area contributed by atoms with E-state index >= 15 is 0 Å². The summed E-state index contributed by atoms with van der Waals surface area (Å²) in [6.07, 6.45) is 2.82. The van der Waals surface area contributed by atoms with E-state index in [0.29, 0.717) is 17.1 Å². The van der Waals surface area contributed by atoms with Gasteiger partial charge in [0, 0.05) is 20.3 Å². The van der Waals surface area contributed by atoms with Crippen molar-refractivity contribution in [3.8, 4) is 0 Å². The topological polar surface area (TPSA) is 79.6 Å². The molecule has 1 aromatic heterocycles. The molecule has 1 heterocycles. The first-order valence-corrected chi connectivity index (χ1v) is 5.67. The van der Waals surface area contributed by atoms with Crippen LogP contribution in [0.5, 0.6) is 0 Å². The summed E-state index contributed by atoms with van der Waals surface area (Å²) in [6, 6.07) is 3.29. The summed E-state index contributed by atoms with van der Waals surface area (Å²) in [6.45, 7) is 0.172. The van der Waals surface area contributed by atoms with E-state index in [4.69, 9.17) is 11.6 Å². The number of carbonyl (C=O) groups excluding carboxylic acids is 1. The van der Waals surface area contributed by atoms with Crippen LogP contribution in [0.3, 0.4) is 0 Å². The fourth-order valence-corrected chi connectivity index (χ4v) is 1.52. The normalized spacial score (nSPS) is 11.0. The third-order valence-electron chi connectivity index (χ3n) is 2.24. The number of hydrogen-bond acceptors (Lipinski definition) is 5. The van der Waals surface area contributed by atoms with E-state index in [1.165, 1.54) is 16.0 Å².